The highest BCUT2D eigenvalue weighted by Gasteiger charge is 2.07. The summed E-state index contributed by atoms with van der Waals surface area (Å²) in [5.41, 5.74) is 3.71. The molecular formula is C20H15ClIN3O3. The van der Waals surface area contributed by atoms with Gasteiger partial charge in [0.1, 0.15) is 11.5 Å². The molecule has 0 spiro atoms. The summed E-state index contributed by atoms with van der Waals surface area (Å²) in [5, 5.41) is 6.88. The Morgan fingerprint density at radius 2 is 1.75 bits per heavy atom. The number of carbonyl (C=O) groups is 2. The first-order valence-electron chi connectivity index (χ1n) is 8.23. The molecule has 0 aliphatic rings. The fourth-order valence-corrected chi connectivity index (χ4v) is 2.75. The Kier molecular flexibility index (Phi) is 6.83. The Labute approximate surface area is 180 Å². The van der Waals surface area contributed by atoms with E-state index in [1.165, 1.54) is 6.21 Å². The van der Waals surface area contributed by atoms with Gasteiger partial charge >= 0.3 is 0 Å². The Balaban J connectivity index is 1.48. The molecule has 1 aromatic heterocycles. The van der Waals surface area contributed by atoms with Crippen molar-refractivity contribution in [2.45, 2.75) is 0 Å². The van der Waals surface area contributed by atoms with Gasteiger partial charge in [-0.1, -0.05) is 23.7 Å². The molecule has 0 saturated carbocycles. The van der Waals surface area contributed by atoms with Gasteiger partial charge in [-0.15, -0.1) is 0 Å². The molecule has 0 fully saturated rings. The van der Waals surface area contributed by atoms with Gasteiger partial charge in [0.25, 0.3) is 11.8 Å². The van der Waals surface area contributed by atoms with Crippen molar-refractivity contribution in [1.82, 2.24) is 10.7 Å². The van der Waals surface area contributed by atoms with Gasteiger partial charge in [0.15, 0.2) is 0 Å². The lowest BCUT2D eigenvalue weighted by Gasteiger charge is -2.04. The van der Waals surface area contributed by atoms with E-state index >= 15 is 0 Å². The van der Waals surface area contributed by atoms with Crippen LogP contribution in [-0.2, 0) is 4.79 Å². The summed E-state index contributed by atoms with van der Waals surface area (Å²) in [5.74, 6) is 0.380. The molecule has 1 heterocycles. The number of hydrazone groups is 1. The Morgan fingerprint density at radius 3 is 2.46 bits per heavy atom. The smallest absolute Gasteiger partial charge is 0.259 e. The lowest BCUT2D eigenvalue weighted by molar-refractivity contribution is -0.120. The van der Waals surface area contributed by atoms with E-state index in [1.807, 2.05) is 30.3 Å². The quantitative estimate of drug-likeness (QED) is 0.300. The van der Waals surface area contributed by atoms with Crippen molar-refractivity contribution in [3.05, 3.63) is 80.6 Å². The van der Waals surface area contributed by atoms with Crippen LogP contribution < -0.4 is 10.7 Å². The normalized spacial score (nSPS) is 10.8. The zero-order valence-electron chi connectivity index (χ0n) is 14.5. The fourth-order valence-electron chi connectivity index (χ4n) is 2.26. The number of amides is 2. The molecule has 28 heavy (non-hydrogen) atoms. The number of halogens is 2. The Morgan fingerprint density at radius 1 is 1.04 bits per heavy atom. The highest BCUT2D eigenvalue weighted by molar-refractivity contribution is 14.1. The van der Waals surface area contributed by atoms with Crippen LogP contribution in [0.4, 0.5) is 0 Å². The van der Waals surface area contributed by atoms with Crippen LogP contribution in [0.2, 0.25) is 5.02 Å². The fraction of sp³-hybridized carbons (Fsp3) is 0.0500. The van der Waals surface area contributed by atoms with Gasteiger partial charge in [-0.25, -0.2) is 5.43 Å². The molecule has 2 N–H and O–H groups in total. The largest absolute Gasteiger partial charge is 0.455 e. The maximum atomic E-state index is 11.9. The van der Waals surface area contributed by atoms with Crippen LogP contribution in [0.25, 0.3) is 11.3 Å². The van der Waals surface area contributed by atoms with Gasteiger partial charge in [-0.2, -0.15) is 5.10 Å². The third kappa shape index (κ3) is 5.67. The van der Waals surface area contributed by atoms with E-state index in [0.717, 1.165) is 9.13 Å². The molecule has 142 valence electrons. The number of hydrogen-bond donors (Lipinski definition) is 2. The summed E-state index contributed by atoms with van der Waals surface area (Å²) < 4.78 is 6.81. The average Bonchev–Trinajstić information content (AvgIpc) is 3.16. The molecule has 2 amide bonds. The molecule has 8 heteroatoms. The monoisotopic (exact) mass is 507 g/mol. The zero-order chi connectivity index (χ0) is 19.9. The average molecular weight is 508 g/mol. The van der Waals surface area contributed by atoms with Crippen LogP contribution in [0.1, 0.15) is 16.1 Å². The van der Waals surface area contributed by atoms with Crippen molar-refractivity contribution >= 4 is 52.2 Å². The first kappa shape index (κ1) is 20.1. The molecule has 3 aromatic rings. The molecule has 0 saturated heterocycles. The second-order valence-corrected chi connectivity index (χ2v) is 7.37. The standard InChI is InChI=1S/C20H15ClIN3O3/c21-15-5-1-14(2-6-15)20(27)23-12-19(26)25-24-11-17-9-10-18(28-17)13-3-7-16(22)8-4-13/h1-11H,12H2,(H,23,27)(H,25,26)/b24-11-. The summed E-state index contributed by atoms with van der Waals surface area (Å²) in [4.78, 5) is 23.7. The summed E-state index contributed by atoms with van der Waals surface area (Å²) in [6.07, 6.45) is 1.40. The van der Waals surface area contributed by atoms with Crippen molar-refractivity contribution in [3.63, 3.8) is 0 Å². The van der Waals surface area contributed by atoms with E-state index in [4.69, 9.17) is 16.0 Å². The van der Waals surface area contributed by atoms with Crippen LogP contribution in [0.3, 0.4) is 0 Å². The van der Waals surface area contributed by atoms with Crippen LogP contribution >= 0.6 is 34.2 Å². The van der Waals surface area contributed by atoms with Gasteiger partial charge in [0.05, 0.1) is 12.8 Å². The topological polar surface area (TPSA) is 83.7 Å². The highest BCUT2D eigenvalue weighted by Crippen LogP contribution is 2.22. The number of carbonyl (C=O) groups excluding carboxylic acids is 2. The number of nitrogens with one attached hydrogen (secondary N) is 2. The van der Waals surface area contributed by atoms with Crippen LogP contribution in [0.15, 0.2) is 70.2 Å². The van der Waals surface area contributed by atoms with E-state index in [1.54, 1.807) is 30.3 Å². The van der Waals surface area contributed by atoms with Gasteiger partial charge in [0, 0.05) is 19.7 Å². The minimum atomic E-state index is -0.456. The highest BCUT2D eigenvalue weighted by atomic mass is 127. The third-order valence-electron chi connectivity index (χ3n) is 3.65. The minimum Gasteiger partial charge on any atom is -0.455 e. The summed E-state index contributed by atoms with van der Waals surface area (Å²) in [6.45, 7) is -0.204. The number of furan rings is 1. The third-order valence-corrected chi connectivity index (χ3v) is 4.62. The molecule has 6 nitrogen and oxygen atoms in total. The van der Waals surface area contributed by atoms with E-state index in [2.05, 4.69) is 38.4 Å². The zero-order valence-corrected chi connectivity index (χ0v) is 17.4. The van der Waals surface area contributed by atoms with Crippen molar-refractivity contribution in [3.8, 4) is 11.3 Å². The van der Waals surface area contributed by atoms with Crippen molar-refractivity contribution in [2.24, 2.45) is 5.10 Å². The molecule has 0 atom stereocenters. The molecule has 2 aromatic carbocycles. The summed E-state index contributed by atoms with van der Waals surface area (Å²) in [7, 11) is 0. The summed E-state index contributed by atoms with van der Waals surface area (Å²) in [6, 6.07) is 17.9. The maximum Gasteiger partial charge on any atom is 0.259 e. The first-order chi connectivity index (χ1) is 13.5. The molecule has 0 radical (unpaired) electrons. The maximum absolute atomic E-state index is 11.9. The van der Waals surface area contributed by atoms with E-state index in [9.17, 15) is 9.59 Å². The van der Waals surface area contributed by atoms with Crippen LogP contribution in [-0.4, -0.2) is 24.6 Å². The molecule has 0 bridgehead atoms. The molecule has 0 aliphatic heterocycles. The van der Waals surface area contributed by atoms with Crippen molar-refractivity contribution < 1.29 is 14.0 Å². The second kappa shape index (κ2) is 9.52. The van der Waals surface area contributed by atoms with E-state index in [-0.39, 0.29) is 12.5 Å². The van der Waals surface area contributed by atoms with Crippen molar-refractivity contribution in [2.75, 3.05) is 6.54 Å². The number of nitrogens with zero attached hydrogens (tertiary/aromatic N) is 1. The number of benzene rings is 2. The SMILES string of the molecule is O=C(CNC(=O)c1ccc(Cl)cc1)N/N=C\c1ccc(-c2ccc(I)cc2)o1. The predicted molar refractivity (Wildman–Crippen MR) is 116 cm³/mol. The van der Waals surface area contributed by atoms with E-state index < -0.39 is 5.91 Å². The lowest BCUT2D eigenvalue weighted by Crippen LogP contribution is -2.34. The van der Waals surface area contributed by atoms with Gasteiger partial charge in [0.2, 0.25) is 0 Å². The van der Waals surface area contributed by atoms with Gasteiger partial charge < -0.3 is 9.73 Å². The lowest BCUT2D eigenvalue weighted by atomic mass is 10.2. The molecule has 3 rings (SSSR count). The van der Waals surface area contributed by atoms with Gasteiger partial charge in [-0.3, -0.25) is 9.59 Å². The molecular weight excluding hydrogens is 493 g/mol. The Bertz CT molecular complexity index is 998. The van der Waals surface area contributed by atoms with E-state index in [0.29, 0.717) is 22.1 Å². The second-order valence-electron chi connectivity index (χ2n) is 5.69. The van der Waals surface area contributed by atoms with Crippen LogP contribution in [0, 0.1) is 3.57 Å². The molecule has 0 aliphatic carbocycles. The molecule has 0 unspecified atom stereocenters. The van der Waals surface area contributed by atoms with Crippen molar-refractivity contribution in [1.29, 1.82) is 0 Å². The number of hydrogen-bond acceptors (Lipinski definition) is 4. The van der Waals surface area contributed by atoms with Crippen LogP contribution in [0.5, 0.6) is 0 Å². The number of rotatable bonds is 6. The minimum absolute atomic E-state index is 0.204. The van der Waals surface area contributed by atoms with Gasteiger partial charge in [-0.05, 0) is 71.1 Å². The first-order valence-corrected chi connectivity index (χ1v) is 9.68. The predicted octanol–water partition coefficient (Wildman–Crippen LogP) is 4.08. The Hall–Kier alpha value is -2.65. The summed E-state index contributed by atoms with van der Waals surface area (Å²) >= 11 is 8.01.